The van der Waals surface area contributed by atoms with Gasteiger partial charge < -0.3 is 16.0 Å². The maximum atomic E-state index is 5.58. The van der Waals surface area contributed by atoms with Gasteiger partial charge in [-0.15, -0.1) is 0 Å². The van der Waals surface area contributed by atoms with E-state index in [0.29, 0.717) is 5.82 Å². The number of aromatic nitrogens is 1. The predicted molar refractivity (Wildman–Crippen MR) is 69.9 cm³/mol. The van der Waals surface area contributed by atoms with E-state index in [2.05, 4.69) is 21.5 Å². The molecule has 2 rings (SSSR count). The molecule has 1 aromatic rings. The second-order valence-electron chi connectivity index (χ2n) is 4.37. The number of nitrogen functional groups attached to an aromatic ring is 1. The van der Waals surface area contributed by atoms with Crippen molar-refractivity contribution in [1.29, 1.82) is 0 Å². The van der Waals surface area contributed by atoms with Gasteiger partial charge in [0.25, 0.3) is 0 Å². The highest BCUT2D eigenvalue weighted by molar-refractivity contribution is 7.10. The molecule has 4 nitrogen and oxygen atoms in total. The summed E-state index contributed by atoms with van der Waals surface area (Å²) in [5.41, 5.74) is 5.58. The highest BCUT2D eigenvalue weighted by Gasteiger charge is 2.17. The molecule has 16 heavy (non-hydrogen) atoms. The highest BCUT2D eigenvalue weighted by atomic mass is 32.1. The predicted octanol–water partition coefficient (Wildman–Crippen LogP) is 1.87. The summed E-state index contributed by atoms with van der Waals surface area (Å²) in [7, 11) is 0. The van der Waals surface area contributed by atoms with E-state index in [4.69, 9.17) is 5.73 Å². The van der Waals surface area contributed by atoms with E-state index in [-0.39, 0.29) is 0 Å². The van der Waals surface area contributed by atoms with Crippen molar-refractivity contribution in [2.75, 3.05) is 37.2 Å². The minimum absolute atomic E-state index is 0.619. The fourth-order valence-electron chi connectivity index (χ4n) is 2.12. The molecule has 1 aliphatic rings. The van der Waals surface area contributed by atoms with Gasteiger partial charge in [-0.2, -0.15) is 4.37 Å². The van der Waals surface area contributed by atoms with E-state index in [1.165, 1.54) is 44.0 Å². The lowest BCUT2D eigenvalue weighted by atomic mass is 9.97. The molecular formula is C11H20N4S. The lowest BCUT2D eigenvalue weighted by molar-refractivity contribution is 0.198. The fourth-order valence-corrected chi connectivity index (χ4v) is 2.70. The van der Waals surface area contributed by atoms with Crippen LogP contribution in [-0.4, -0.2) is 35.5 Å². The summed E-state index contributed by atoms with van der Waals surface area (Å²) in [6.45, 7) is 6.96. The molecule has 0 atom stereocenters. The average Bonchev–Trinajstić information content (AvgIpc) is 2.73. The molecule has 0 amide bonds. The van der Waals surface area contributed by atoms with Crippen LogP contribution in [0.2, 0.25) is 0 Å². The van der Waals surface area contributed by atoms with E-state index in [1.807, 2.05) is 6.07 Å². The molecule has 1 saturated heterocycles. The van der Waals surface area contributed by atoms with Gasteiger partial charge in [0.15, 0.2) is 0 Å². The Labute approximate surface area is 101 Å². The molecule has 3 N–H and O–H groups in total. The summed E-state index contributed by atoms with van der Waals surface area (Å²) in [6.07, 6.45) is 2.60. The smallest absolute Gasteiger partial charge is 0.139 e. The zero-order valence-corrected chi connectivity index (χ0v) is 10.6. The van der Waals surface area contributed by atoms with Crippen molar-refractivity contribution in [3.8, 4) is 0 Å². The van der Waals surface area contributed by atoms with Crippen LogP contribution in [0, 0.1) is 5.92 Å². The Balaban J connectivity index is 1.71. The molecule has 5 heteroatoms. The number of rotatable bonds is 4. The van der Waals surface area contributed by atoms with Crippen LogP contribution in [0.25, 0.3) is 0 Å². The third-order valence-corrected chi connectivity index (χ3v) is 4.01. The second-order valence-corrected chi connectivity index (χ2v) is 5.18. The molecule has 0 radical (unpaired) electrons. The molecule has 2 heterocycles. The van der Waals surface area contributed by atoms with Gasteiger partial charge >= 0.3 is 0 Å². The topological polar surface area (TPSA) is 54.2 Å². The lowest BCUT2D eigenvalue weighted by Crippen LogP contribution is -2.35. The first kappa shape index (κ1) is 11.7. The zero-order valence-electron chi connectivity index (χ0n) is 9.78. The van der Waals surface area contributed by atoms with Gasteiger partial charge in [-0.3, -0.25) is 0 Å². The number of likely N-dealkylation sites (tertiary alicyclic amines) is 1. The van der Waals surface area contributed by atoms with Crippen molar-refractivity contribution in [1.82, 2.24) is 9.27 Å². The second kappa shape index (κ2) is 5.50. The minimum atomic E-state index is 0.619. The van der Waals surface area contributed by atoms with Crippen molar-refractivity contribution >= 4 is 22.4 Å². The van der Waals surface area contributed by atoms with Crippen LogP contribution in [0.5, 0.6) is 0 Å². The summed E-state index contributed by atoms with van der Waals surface area (Å²) in [5.74, 6) is 1.42. The number of hydrogen-bond donors (Lipinski definition) is 2. The van der Waals surface area contributed by atoms with Gasteiger partial charge in [-0.1, -0.05) is 6.92 Å². The number of nitrogens with zero attached hydrogens (tertiary/aromatic N) is 2. The molecule has 0 spiro atoms. The van der Waals surface area contributed by atoms with Crippen LogP contribution in [-0.2, 0) is 0 Å². The number of nitrogens with one attached hydrogen (secondary N) is 1. The summed E-state index contributed by atoms with van der Waals surface area (Å²) in [4.78, 5) is 2.52. The zero-order chi connectivity index (χ0) is 11.4. The van der Waals surface area contributed by atoms with E-state index in [0.717, 1.165) is 17.5 Å². The standard InChI is InChI=1S/C11H20N4S/c1-2-15-5-3-9(4-6-15)8-13-11-7-10(12)14-16-11/h7,9,13H,2-6,8H2,1H3,(H2,12,14). The molecule has 0 aliphatic carbocycles. The normalized spacial score (nSPS) is 18.8. The Bertz CT molecular complexity index is 318. The van der Waals surface area contributed by atoms with Crippen molar-refractivity contribution in [2.45, 2.75) is 19.8 Å². The molecule has 0 unspecified atom stereocenters. The molecule has 0 aromatic carbocycles. The minimum Gasteiger partial charge on any atom is -0.383 e. The number of piperidine rings is 1. The van der Waals surface area contributed by atoms with Crippen LogP contribution < -0.4 is 11.1 Å². The van der Waals surface area contributed by atoms with Crippen LogP contribution in [0.3, 0.4) is 0 Å². The molecule has 90 valence electrons. The number of anilines is 2. The van der Waals surface area contributed by atoms with Crippen LogP contribution in [0.4, 0.5) is 10.8 Å². The van der Waals surface area contributed by atoms with Gasteiger partial charge in [-0.25, -0.2) is 0 Å². The maximum Gasteiger partial charge on any atom is 0.139 e. The summed E-state index contributed by atoms with van der Waals surface area (Å²) >= 11 is 1.45. The van der Waals surface area contributed by atoms with Crippen LogP contribution >= 0.6 is 11.5 Å². The third kappa shape index (κ3) is 3.09. The van der Waals surface area contributed by atoms with E-state index < -0.39 is 0 Å². The number of hydrogen-bond acceptors (Lipinski definition) is 5. The van der Waals surface area contributed by atoms with Crippen molar-refractivity contribution in [3.63, 3.8) is 0 Å². The van der Waals surface area contributed by atoms with Gasteiger partial charge in [0.05, 0.1) is 0 Å². The summed E-state index contributed by atoms with van der Waals surface area (Å²) < 4.78 is 4.05. The van der Waals surface area contributed by atoms with Gasteiger partial charge in [-0.05, 0) is 49.9 Å². The van der Waals surface area contributed by atoms with Crippen LogP contribution in [0.1, 0.15) is 19.8 Å². The largest absolute Gasteiger partial charge is 0.383 e. The first-order valence-electron chi connectivity index (χ1n) is 5.96. The Morgan fingerprint density at radius 3 is 2.88 bits per heavy atom. The monoisotopic (exact) mass is 240 g/mol. The lowest BCUT2D eigenvalue weighted by Gasteiger charge is -2.31. The Hall–Kier alpha value is -0.810. The fraction of sp³-hybridized carbons (Fsp3) is 0.727. The molecule has 1 aliphatic heterocycles. The molecule has 1 fully saturated rings. The van der Waals surface area contributed by atoms with E-state index >= 15 is 0 Å². The summed E-state index contributed by atoms with van der Waals surface area (Å²) in [5, 5.41) is 4.52. The van der Waals surface area contributed by atoms with Crippen molar-refractivity contribution < 1.29 is 0 Å². The van der Waals surface area contributed by atoms with Crippen LogP contribution in [0.15, 0.2) is 6.07 Å². The van der Waals surface area contributed by atoms with Crippen molar-refractivity contribution in [3.05, 3.63) is 6.07 Å². The molecular weight excluding hydrogens is 220 g/mol. The molecule has 0 saturated carbocycles. The molecule has 0 bridgehead atoms. The Morgan fingerprint density at radius 1 is 1.56 bits per heavy atom. The maximum absolute atomic E-state index is 5.58. The Morgan fingerprint density at radius 2 is 2.31 bits per heavy atom. The first-order chi connectivity index (χ1) is 7.78. The van der Waals surface area contributed by atoms with Crippen molar-refractivity contribution in [2.24, 2.45) is 5.92 Å². The van der Waals surface area contributed by atoms with Gasteiger partial charge in [0.2, 0.25) is 0 Å². The van der Waals surface area contributed by atoms with Gasteiger partial charge in [0, 0.05) is 12.6 Å². The Kier molecular flexibility index (Phi) is 4.01. The first-order valence-corrected chi connectivity index (χ1v) is 6.73. The van der Waals surface area contributed by atoms with Gasteiger partial charge in [0.1, 0.15) is 10.8 Å². The molecule has 1 aromatic heterocycles. The third-order valence-electron chi connectivity index (χ3n) is 3.25. The quantitative estimate of drug-likeness (QED) is 0.843. The van der Waals surface area contributed by atoms with E-state index in [1.54, 1.807) is 0 Å². The average molecular weight is 240 g/mol. The summed E-state index contributed by atoms with van der Waals surface area (Å²) in [6, 6.07) is 1.91. The SMILES string of the molecule is CCN1CCC(CNc2cc(N)ns2)CC1. The number of nitrogens with two attached hydrogens (primary N) is 1. The van der Waals surface area contributed by atoms with E-state index in [9.17, 15) is 0 Å². The highest BCUT2D eigenvalue weighted by Crippen LogP contribution is 2.21.